The maximum Gasteiger partial charge on any atom is 0.316 e. The number of hydrogen-bond donors (Lipinski definition) is 2. The molecule has 10 heteroatoms. The largest absolute Gasteiger partial charge is 0.378 e. The van der Waals surface area contributed by atoms with Gasteiger partial charge in [0.15, 0.2) is 11.6 Å². The standard InChI is InChI=1S/C22H20N8O2/c23-22(31)27-17-3-1-14(2-4-17)20-28-18-9-15(16-10-24-13-25-11-16)12-26-19(18)21(29-20)30-5-7-32-8-6-30/h1-4,9-13H,5-8H2,(H3,23,27,31). The minimum atomic E-state index is -0.613. The van der Waals surface area contributed by atoms with Crippen molar-refractivity contribution in [2.24, 2.45) is 5.73 Å². The average molecular weight is 428 g/mol. The van der Waals surface area contributed by atoms with E-state index in [1.165, 1.54) is 6.33 Å². The summed E-state index contributed by atoms with van der Waals surface area (Å²) in [6.45, 7) is 2.72. The third kappa shape index (κ3) is 4.03. The number of ether oxygens (including phenoxy) is 1. The lowest BCUT2D eigenvalue weighted by Crippen LogP contribution is -2.37. The number of fused-ring (bicyclic) bond motifs is 1. The molecule has 1 aliphatic rings. The van der Waals surface area contributed by atoms with Gasteiger partial charge in [-0.2, -0.15) is 0 Å². The normalized spacial score (nSPS) is 13.8. The van der Waals surface area contributed by atoms with Crippen molar-refractivity contribution in [3.63, 3.8) is 0 Å². The second-order valence-corrected chi connectivity index (χ2v) is 7.26. The Kier molecular flexibility index (Phi) is 5.26. The molecule has 0 atom stereocenters. The van der Waals surface area contributed by atoms with Crippen LogP contribution < -0.4 is 16.0 Å². The van der Waals surface area contributed by atoms with Gasteiger partial charge in [0.25, 0.3) is 0 Å². The minimum Gasteiger partial charge on any atom is -0.378 e. The topological polar surface area (TPSA) is 132 Å². The third-order valence-electron chi connectivity index (χ3n) is 5.13. The average Bonchev–Trinajstić information content (AvgIpc) is 2.84. The van der Waals surface area contributed by atoms with Crippen molar-refractivity contribution in [3.8, 4) is 22.5 Å². The number of aromatic nitrogens is 5. The van der Waals surface area contributed by atoms with E-state index in [4.69, 9.17) is 20.4 Å². The molecule has 0 radical (unpaired) electrons. The first-order chi connectivity index (χ1) is 15.7. The molecule has 0 aliphatic carbocycles. The van der Waals surface area contributed by atoms with Crippen molar-refractivity contribution >= 4 is 28.6 Å². The molecule has 0 spiro atoms. The van der Waals surface area contributed by atoms with Gasteiger partial charge in [0.1, 0.15) is 11.8 Å². The quantitative estimate of drug-likeness (QED) is 0.507. The Morgan fingerprint density at radius 2 is 1.72 bits per heavy atom. The summed E-state index contributed by atoms with van der Waals surface area (Å²) in [4.78, 5) is 35.8. The van der Waals surface area contributed by atoms with E-state index in [1.807, 2.05) is 18.2 Å². The summed E-state index contributed by atoms with van der Waals surface area (Å²) in [6, 6.07) is 8.57. The van der Waals surface area contributed by atoms with Crippen LogP contribution in [0.2, 0.25) is 0 Å². The monoisotopic (exact) mass is 428 g/mol. The van der Waals surface area contributed by atoms with E-state index in [1.54, 1.807) is 30.7 Å². The molecule has 4 heterocycles. The summed E-state index contributed by atoms with van der Waals surface area (Å²) in [5.74, 6) is 1.33. The molecule has 160 valence electrons. The van der Waals surface area contributed by atoms with Crippen molar-refractivity contribution in [1.82, 2.24) is 24.9 Å². The van der Waals surface area contributed by atoms with E-state index in [2.05, 4.69) is 25.2 Å². The van der Waals surface area contributed by atoms with Gasteiger partial charge in [-0.3, -0.25) is 4.98 Å². The van der Waals surface area contributed by atoms with Crippen LogP contribution in [0.3, 0.4) is 0 Å². The van der Waals surface area contributed by atoms with E-state index in [0.29, 0.717) is 24.7 Å². The van der Waals surface area contributed by atoms with Crippen molar-refractivity contribution in [2.45, 2.75) is 0 Å². The van der Waals surface area contributed by atoms with E-state index in [0.717, 1.165) is 46.6 Å². The molecule has 10 nitrogen and oxygen atoms in total. The summed E-state index contributed by atoms with van der Waals surface area (Å²) in [6.07, 6.45) is 6.76. The Balaban J connectivity index is 1.62. The van der Waals surface area contributed by atoms with Crippen molar-refractivity contribution in [2.75, 3.05) is 36.5 Å². The van der Waals surface area contributed by atoms with Crippen LogP contribution in [0.4, 0.5) is 16.3 Å². The van der Waals surface area contributed by atoms with E-state index in [9.17, 15) is 4.79 Å². The Morgan fingerprint density at radius 1 is 0.969 bits per heavy atom. The highest BCUT2D eigenvalue weighted by Gasteiger charge is 2.19. The number of pyridine rings is 1. The first-order valence-corrected chi connectivity index (χ1v) is 10.1. The smallest absolute Gasteiger partial charge is 0.316 e. The highest BCUT2D eigenvalue weighted by Crippen LogP contribution is 2.30. The summed E-state index contributed by atoms with van der Waals surface area (Å²) in [7, 11) is 0. The van der Waals surface area contributed by atoms with Gasteiger partial charge in [0.05, 0.1) is 18.7 Å². The molecule has 1 fully saturated rings. The minimum absolute atomic E-state index is 0.563. The number of benzene rings is 1. The van der Waals surface area contributed by atoms with Crippen LogP contribution in [-0.2, 0) is 4.74 Å². The fourth-order valence-electron chi connectivity index (χ4n) is 3.58. The van der Waals surface area contributed by atoms with E-state index < -0.39 is 6.03 Å². The number of nitrogens with two attached hydrogens (primary N) is 1. The number of carbonyl (C=O) groups is 1. The van der Waals surface area contributed by atoms with Gasteiger partial charge in [0.2, 0.25) is 0 Å². The number of urea groups is 1. The molecule has 32 heavy (non-hydrogen) atoms. The van der Waals surface area contributed by atoms with Crippen LogP contribution >= 0.6 is 0 Å². The number of nitrogens with one attached hydrogen (secondary N) is 1. The fourth-order valence-corrected chi connectivity index (χ4v) is 3.58. The second kappa shape index (κ2) is 8.52. The van der Waals surface area contributed by atoms with Gasteiger partial charge in [-0.05, 0) is 30.3 Å². The van der Waals surface area contributed by atoms with Gasteiger partial charge in [-0.25, -0.2) is 24.7 Å². The molecule has 1 saturated heterocycles. The zero-order chi connectivity index (χ0) is 21.9. The van der Waals surface area contributed by atoms with Gasteiger partial charge in [-0.1, -0.05) is 0 Å². The van der Waals surface area contributed by atoms with Crippen LogP contribution in [0.1, 0.15) is 0 Å². The molecule has 1 aliphatic heterocycles. The number of anilines is 2. The van der Waals surface area contributed by atoms with Crippen LogP contribution in [-0.4, -0.2) is 57.3 Å². The number of hydrogen-bond acceptors (Lipinski definition) is 8. The van der Waals surface area contributed by atoms with E-state index >= 15 is 0 Å². The molecular formula is C22H20N8O2. The summed E-state index contributed by atoms with van der Waals surface area (Å²) in [5.41, 5.74) is 9.78. The lowest BCUT2D eigenvalue weighted by Gasteiger charge is -2.28. The number of nitrogens with zero attached hydrogens (tertiary/aromatic N) is 6. The van der Waals surface area contributed by atoms with Crippen LogP contribution in [0, 0.1) is 0 Å². The second-order valence-electron chi connectivity index (χ2n) is 7.26. The molecule has 4 aromatic rings. The number of amides is 2. The van der Waals surface area contributed by atoms with Gasteiger partial charge in [0, 0.05) is 54.1 Å². The number of rotatable bonds is 4. The highest BCUT2D eigenvalue weighted by molar-refractivity contribution is 5.91. The first kappa shape index (κ1) is 19.8. The lowest BCUT2D eigenvalue weighted by molar-refractivity contribution is 0.122. The molecule has 0 bridgehead atoms. The predicted octanol–water partition coefficient (Wildman–Crippen LogP) is 2.48. The summed E-state index contributed by atoms with van der Waals surface area (Å²) >= 11 is 0. The maximum atomic E-state index is 11.1. The lowest BCUT2D eigenvalue weighted by atomic mass is 10.1. The van der Waals surface area contributed by atoms with E-state index in [-0.39, 0.29) is 0 Å². The molecule has 3 N–H and O–H groups in total. The zero-order valence-electron chi connectivity index (χ0n) is 17.1. The van der Waals surface area contributed by atoms with Gasteiger partial charge >= 0.3 is 6.03 Å². The molecule has 3 aromatic heterocycles. The highest BCUT2D eigenvalue weighted by atomic mass is 16.5. The number of carbonyl (C=O) groups excluding carboxylic acids is 1. The molecule has 1 aromatic carbocycles. The summed E-state index contributed by atoms with van der Waals surface area (Å²) in [5, 5.41) is 2.56. The van der Waals surface area contributed by atoms with Crippen molar-refractivity contribution in [1.29, 1.82) is 0 Å². The Bertz CT molecular complexity index is 1260. The van der Waals surface area contributed by atoms with Gasteiger partial charge < -0.3 is 20.7 Å². The fraction of sp³-hybridized carbons (Fsp3) is 0.182. The van der Waals surface area contributed by atoms with Crippen molar-refractivity contribution in [3.05, 3.63) is 55.2 Å². The predicted molar refractivity (Wildman–Crippen MR) is 120 cm³/mol. The Hall–Kier alpha value is -4.18. The summed E-state index contributed by atoms with van der Waals surface area (Å²) < 4.78 is 5.51. The molecule has 2 amide bonds. The SMILES string of the molecule is NC(=O)Nc1ccc(-c2nc(N3CCOCC3)c3ncc(-c4cncnc4)cc3n2)cc1. The Labute approximate surface area is 183 Å². The van der Waals surface area contributed by atoms with Crippen molar-refractivity contribution < 1.29 is 9.53 Å². The molecule has 0 unspecified atom stereocenters. The number of primary amides is 1. The van der Waals surface area contributed by atoms with Crippen LogP contribution in [0.25, 0.3) is 33.5 Å². The van der Waals surface area contributed by atoms with Gasteiger partial charge in [-0.15, -0.1) is 0 Å². The molecule has 0 saturated carbocycles. The van der Waals surface area contributed by atoms with Crippen LogP contribution in [0.5, 0.6) is 0 Å². The zero-order valence-corrected chi connectivity index (χ0v) is 17.1. The Morgan fingerprint density at radius 3 is 2.44 bits per heavy atom. The first-order valence-electron chi connectivity index (χ1n) is 10.1. The molecular weight excluding hydrogens is 408 g/mol. The molecule has 5 rings (SSSR count). The number of morpholine rings is 1. The van der Waals surface area contributed by atoms with Crippen LogP contribution in [0.15, 0.2) is 55.2 Å². The third-order valence-corrected chi connectivity index (χ3v) is 5.13. The maximum absolute atomic E-state index is 11.1.